The second-order valence-corrected chi connectivity index (χ2v) is 5.09. The first-order valence-electron chi connectivity index (χ1n) is 5.52. The van der Waals surface area contributed by atoms with Gasteiger partial charge >= 0.3 is 0 Å². The van der Waals surface area contributed by atoms with Crippen LogP contribution in [-0.2, 0) is 0 Å². The zero-order valence-corrected chi connectivity index (χ0v) is 10.7. The Morgan fingerprint density at radius 2 is 2.24 bits per heavy atom. The van der Waals surface area contributed by atoms with Gasteiger partial charge in [0.15, 0.2) is 5.16 Å². The fourth-order valence-corrected chi connectivity index (χ4v) is 2.41. The fraction of sp³-hybridized carbons (Fsp3) is 0.636. The molecule has 0 spiro atoms. The first-order valence-corrected chi connectivity index (χ1v) is 6.75. The number of nitrogens with zero attached hydrogens (tertiary/aromatic N) is 2. The maximum Gasteiger partial charge on any atom is 0.250 e. The number of nitrogens with one attached hydrogen (secondary N) is 1. The Morgan fingerprint density at radius 3 is 2.82 bits per heavy atom. The van der Waals surface area contributed by atoms with Gasteiger partial charge in [0.25, 0.3) is 0 Å². The standard InChI is InChI=1S/C11H15F2N3S/c1-7-5-9(16-10(14-7)17-2)15-8-3-4-11(12,13)6-8/h5,8H,3-4,6H2,1-2H3,(H,14,15,16). The van der Waals surface area contributed by atoms with E-state index in [0.717, 1.165) is 5.69 Å². The van der Waals surface area contributed by atoms with Crippen molar-refractivity contribution in [2.24, 2.45) is 0 Å². The van der Waals surface area contributed by atoms with Gasteiger partial charge in [-0.25, -0.2) is 18.7 Å². The van der Waals surface area contributed by atoms with E-state index in [4.69, 9.17) is 0 Å². The van der Waals surface area contributed by atoms with Crippen molar-refractivity contribution < 1.29 is 8.78 Å². The molecule has 0 saturated heterocycles. The summed E-state index contributed by atoms with van der Waals surface area (Å²) in [5.74, 6) is -1.88. The van der Waals surface area contributed by atoms with E-state index in [9.17, 15) is 8.78 Å². The molecule has 17 heavy (non-hydrogen) atoms. The number of hydrogen-bond donors (Lipinski definition) is 1. The van der Waals surface area contributed by atoms with E-state index >= 15 is 0 Å². The Labute approximate surface area is 103 Å². The molecule has 1 aliphatic rings. The molecule has 0 bridgehead atoms. The number of aromatic nitrogens is 2. The van der Waals surface area contributed by atoms with E-state index in [-0.39, 0.29) is 18.9 Å². The van der Waals surface area contributed by atoms with Crippen LogP contribution in [0.4, 0.5) is 14.6 Å². The van der Waals surface area contributed by atoms with Crippen LogP contribution in [0.5, 0.6) is 0 Å². The molecule has 1 aliphatic carbocycles. The molecule has 6 heteroatoms. The second-order valence-electron chi connectivity index (χ2n) is 4.32. The summed E-state index contributed by atoms with van der Waals surface area (Å²) in [4.78, 5) is 8.48. The van der Waals surface area contributed by atoms with Gasteiger partial charge in [0.05, 0.1) is 0 Å². The third kappa shape index (κ3) is 3.28. The number of thioether (sulfide) groups is 1. The lowest BCUT2D eigenvalue weighted by molar-refractivity contribution is 0.00852. The van der Waals surface area contributed by atoms with Crippen LogP contribution < -0.4 is 5.32 Å². The minimum atomic E-state index is -2.53. The average molecular weight is 259 g/mol. The number of alkyl halides is 2. The Morgan fingerprint density at radius 1 is 1.47 bits per heavy atom. The van der Waals surface area contributed by atoms with E-state index in [1.54, 1.807) is 6.07 Å². The molecule has 0 radical (unpaired) electrons. The lowest BCUT2D eigenvalue weighted by Gasteiger charge is -2.14. The van der Waals surface area contributed by atoms with Crippen molar-refractivity contribution in [2.45, 2.75) is 43.3 Å². The van der Waals surface area contributed by atoms with E-state index in [1.165, 1.54) is 11.8 Å². The molecule has 1 aromatic rings. The summed E-state index contributed by atoms with van der Waals surface area (Å²) in [6, 6.07) is 1.60. The van der Waals surface area contributed by atoms with Gasteiger partial charge in [0, 0.05) is 30.6 Å². The van der Waals surface area contributed by atoms with E-state index in [2.05, 4.69) is 15.3 Å². The van der Waals surface area contributed by atoms with Crippen LogP contribution in [0.2, 0.25) is 0 Å². The monoisotopic (exact) mass is 259 g/mol. The molecule has 1 aromatic heterocycles. The number of aryl methyl sites for hydroxylation is 1. The second kappa shape index (κ2) is 4.76. The SMILES string of the molecule is CSc1nc(C)cc(NC2CCC(F)(F)C2)n1. The predicted octanol–water partition coefficient (Wildman–Crippen LogP) is 3.11. The number of hydrogen-bond acceptors (Lipinski definition) is 4. The zero-order valence-electron chi connectivity index (χ0n) is 9.83. The molecule has 0 aromatic carbocycles. The quantitative estimate of drug-likeness (QED) is 0.668. The summed E-state index contributed by atoms with van der Waals surface area (Å²) in [5.41, 5.74) is 0.844. The molecular weight excluding hydrogens is 244 g/mol. The first-order chi connectivity index (χ1) is 7.98. The van der Waals surface area contributed by atoms with Crippen LogP contribution in [0.15, 0.2) is 11.2 Å². The van der Waals surface area contributed by atoms with E-state index in [0.29, 0.717) is 17.4 Å². The van der Waals surface area contributed by atoms with Crippen molar-refractivity contribution in [2.75, 3.05) is 11.6 Å². The lowest BCUT2D eigenvalue weighted by Crippen LogP contribution is -2.20. The highest BCUT2D eigenvalue weighted by molar-refractivity contribution is 7.98. The van der Waals surface area contributed by atoms with Crippen molar-refractivity contribution in [3.05, 3.63) is 11.8 Å². The normalized spacial score (nSPS) is 22.7. The molecule has 1 N–H and O–H groups in total. The van der Waals surface area contributed by atoms with Gasteiger partial charge in [0.1, 0.15) is 5.82 Å². The fourth-order valence-electron chi connectivity index (χ4n) is 1.99. The molecule has 3 nitrogen and oxygen atoms in total. The summed E-state index contributed by atoms with van der Waals surface area (Å²) >= 11 is 1.44. The Balaban J connectivity index is 2.06. The highest BCUT2D eigenvalue weighted by Gasteiger charge is 2.39. The van der Waals surface area contributed by atoms with Crippen LogP contribution in [0.3, 0.4) is 0 Å². The minimum Gasteiger partial charge on any atom is -0.367 e. The Hall–Kier alpha value is -0.910. The van der Waals surface area contributed by atoms with Gasteiger partial charge in [-0.15, -0.1) is 0 Å². The molecule has 94 valence electrons. The highest BCUT2D eigenvalue weighted by atomic mass is 32.2. The molecule has 0 amide bonds. The highest BCUT2D eigenvalue weighted by Crippen LogP contribution is 2.36. The summed E-state index contributed by atoms with van der Waals surface area (Å²) in [6.07, 6.45) is 2.24. The van der Waals surface area contributed by atoms with Crippen LogP contribution in [0, 0.1) is 6.92 Å². The van der Waals surface area contributed by atoms with Crippen LogP contribution >= 0.6 is 11.8 Å². The maximum atomic E-state index is 13.0. The van der Waals surface area contributed by atoms with Crippen molar-refractivity contribution in [3.63, 3.8) is 0 Å². The van der Waals surface area contributed by atoms with Gasteiger partial charge in [-0.2, -0.15) is 0 Å². The van der Waals surface area contributed by atoms with Gasteiger partial charge in [-0.3, -0.25) is 0 Å². The predicted molar refractivity (Wildman–Crippen MR) is 64.8 cm³/mol. The van der Waals surface area contributed by atoms with Crippen LogP contribution in [-0.4, -0.2) is 28.2 Å². The third-order valence-electron chi connectivity index (χ3n) is 2.77. The summed E-state index contributed by atoms with van der Waals surface area (Å²) < 4.78 is 26.1. The molecule has 1 heterocycles. The van der Waals surface area contributed by atoms with Crippen molar-refractivity contribution in [1.82, 2.24) is 9.97 Å². The van der Waals surface area contributed by atoms with Crippen molar-refractivity contribution in [3.8, 4) is 0 Å². The Bertz CT molecular complexity index is 412. The summed E-state index contributed by atoms with van der Waals surface area (Å²) in [6.45, 7) is 1.87. The van der Waals surface area contributed by atoms with Crippen LogP contribution in [0.1, 0.15) is 25.0 Å². The van der Waals surface area contributed by atoms with Gasteiger partial charge in [0.2, 0.25) is 5.92 Å². The minimum absolute atomic E-state index is 0.0376. The zero-order chi connectivity index (χ0) is 12.5. The Kier molecular flexibility index (Phi) is 3.51. The molecule has 0 aliphatic heterocycles. The molecule has 2 rings (SSSR count). The average Bonchev–Trinajstić information content (AvgIpc) is 2.57. The van der Waals surface area contributed by atoms with Crippen LogP contribution in [0.25, 0.3) is 0 Å². The third-order valence-corrected chi connectivity index (χ3v) is 3.32. The lowest BCUT2D eigenvalue weighted by atomic mass is 10.2. The van der Waals surface area contributed by atoms with E-state index < -0.39 is 5.92 Å². The molecule has 1 saturated carbocycles. The van der Waals surface area contributed by atoms with Gasteiger partial charge < -0.3 is 5.32 Å². The smallest absolute Gasteiger partial charge is 0.250 e. The molecule has 1 atom stereocenters. The van der Waals surface area contributed by atoms with E-state index in [1.807, 2.05) is 13.2 Å². The number of halogens is 2. The maximum absolute atomic E-state index is 13.0. The first kappa shape index (κ1) is 12.5. The largest absolute Gasteiger partial charge is 0.367 e. The number of rotatable bonds is 3. The molecular formula is C11H15F2N3S. The van der Waals surface area contributed by atoms with Crippen molar-refractivity contribution in [1.29, 1.82) is 0 Å². The van der Waals surface area contributed by atoms with Crippen molar-refractivity contribution >= 4 is 17.6 Å². The molecule has 1 unspecified atom stereocenters. The molecule has 1 fully saturated rings. The topological polar surface area (TPSA) is 37.8 Å². The summed E-state index contributed by atoms with van der Waals surface area (Å²) in [7, 11) is 0. The van der Waals surface area contributed by atoms with Gasteiger partial charge in [-0.05, 0) is 19.6 Å². The van der Waals surface area contributed by atoms with Gasteiger partial charge in [-0.1, -0.05) is 11.8 Å². The summed E-state index contributed by atoms with van der Waals surface area (Å²) in [5, 5.41) is 3.73. The number of anilines is 1.